The van der Waals surface area contributed by atoms with E-state index in [9.17, 15) is 0 Å². The first kappa shape index (κ1) is 22.5. The number of hydrogen-bond acceptors (Lipinski definition) is 5. The third-order valence-electron chi connectivity index (χ3n) is 6.72. The fourth-order valence-electron chi connectivity index (χ4n) is 4.89. The Kier molecular flexibility index (Phi) is 6.59. The largest absolute Gasteiger partial charge is 0.493 e. The second-order valence-electron chi connectivity index (χ2n) is 8.86. The SMILES string of the molecule is COc1cc2c(cc1OC)-c1c(C)c(OCc3ccccc3)cc(=NCC3CCCO3)n1CC2. The fourth-order valence-corrected chi connectivity index (χ4v) is 4.89. The normalized spacial score (nSPS) is 17.3. The summed E-state index contributed by atoms with van der Waals surface area (Å²) in [5, 5.41) is 0. The zero-order valence-electron chi connectivity index (χ0n) is 20.2. The lowest BCUT2D eigenvalue weighted by Gasteiger charge is -2.27. The molecule has 1 aromatic heterocycles. The summed E-state index contributed by atoms with van der Waals surface area (Å²) in [6.07, 6.45) is 3.28. The second-order valence-corrected chi connectivity index (χ2v) is 8.86. The molecule has 6 nitrogen and oxygen atoms in total. The molecular formula is C28H32N2O4. The van der Waals surface area contributed by atoms with E-state index in [4.69, 9.17) is 23.9 Å². The summed E-state index contributed by atoms with van der Waals surface area (Å²) >= 11 is 0. The number of benzene rings is 2. The first-order valence-electron chi connectivity index (χ1n) is 12.0. The second kappa shape index (κ2) is 9.94. The van der Waals surface area contributed by atoms with Gasteiger partial charge in [0.05, 0.1) is 32.6 Å². The average molecular weight is 461 g/mol. The van der Waals surface area contributed by atoms with Crippen LogP contribution >= 0.6 is 0 Å². The van der Waals surface area contributed by atoms with Crippen LogP contribution in [0.15, 0.2) is 53.5 Å². The van der Waals surface area contributed by atoms with Crippen molar-refractivity contribution in [3.8, 4) is 28.5 Å². The molecule has 1 fully saturated rings. The van der Waals surface area contributed by atoms with Crippen molar-refractivity contribution in [3.63, 3.8) is 0 Å². The molecule has 0 saturated carbocycles. The predicted molar refractivity (Wildman–Crippen MR) is 132 cm³/mol. The van der Waals surface area contributed by atoms with Gasteiger partial charge >= 0.3 is 0 Å². The average Bonchev–Trinajstić information content (AvgIpc) is 3.40. The maximum Gasteiger partial charge on any atom is 0.161 e. The van der Waals surface area contributed by atoms with Crippen LogP contribution in [0.25, 0.3) is 11.3 Å². The topological polar surface area (TPSA) is 54.2 Å². The molecule has 0 N–H and O–H groups in total. The Morgan fingerprint density at radius 3 is 2.56 bits per heavy atom. The van der Waals surface area contributed by atoms with Crippen LogP contribution in [-0.2, 0) is 24.3 Å². The summed E-state index contributed by atoms with van der Waals surface area (Å²) in [5.74, 6) is 2.33. The highest BCUT2D eigenvalue weighted by Gasteiger charge is 2.24. The monoisotopic (exact) mass is 460 g/mol. The van der Waals surface area contributed by atoms with Crippen LogP contribution in [0.5, 0.6) is 17.2 Å². The van der Waals surface area contributed by atoms with Crippen LogP contribution in [0.4, 0.5) is 0 Å². The molecule has 1 unspecified atom stereocenters. The highest BCUT2D eigenvalue weighted by Crippen LogP contribution is 2.40. The summed E-state index contributed by atoms with van der Waals surface area (Å²) in [6, 6.07) is 16.5. The Labute approximate surface area is 200 Å². The molecular weight excluding hydrogens is 428 g/mol. The molecule has 6 heteroatoms. The van der Waals surface area contributed by atoms with Gasteiger partial charge in [0.15, 0.2) is 11.5 Å². The number of nitrogens with zero attached hydrogens (tertiary/aromatic N) is 2. The Hall–Kier alpha value is -3.25. The van der Waals surface area contributed by atoms with Crippen LogP contribution < -0.4 is 19.7 Å². The van der Waals surface area contributed by atoms with Crippen LogP contribution in [0, 0.1) is 6.92 Å². The van der Waals surface area contributed by atoms with Crippen molar-refractivity contribution < 1.29 is 18.9 Å². The molecule has 0 spiro atoms. The van der Waals surface area contributed by atoms with E-state index in [-0.39, 0.29) is 6.10 Å². The number of pyridine rings is 1. The van der Waals surface area contributed by atoms with E-state index in [0.717, 1.165) is 77.5 Å². The highest BCUT2D eigenvalue weighted by atomic mass is 16.5. The van der Waals surface area contributed by atoms with Crippen molar-refractivity contribution in [2.75, 3.05) is 27.4 Å². The molecule has 3 aromatic rings. The first-order valence-corrected chi connectivity index (χ1v) is 12.0. The molecule has 5 rings (SSSR count). The van der Waals surface area contributed by atoms with E-state index in [2.05, 4.69) is 41.8 Å². The lowest BCUT2D eigenvalue weighted by Crippen LogP contribution is -2.29. The molecule has 0 bridgehead atoms. The standard InChI is InChI=1S/C28H32N2O4/c1-19-24(34-18-20-8-5-4-6-9-20)16-27(29-17-22-10-7-13-33-22)30-12-11-21-14-25(31-2)26(32-3)15-23(21)28(19)30/h4-6,8-9,14-16,22H,7,10-13,17-18H2,1-3H3. The molecule has 2 aliphatic rings. The van der Waals surface area contributed by atoms with Crippen LogP contribution in [0.3, 0.4) is 0 Å². The molecule has 0 radical (unpaired) electrons. The number of rotatable bonds is 7. The molecule has 2 aliphatic heterocycles. The van der Waals surface area contributed by atoms with Gasteiger partial charge in [-0.3, -0.25) is 4.99 Å². The van der Waals surface area contributed by atoms with Crippen LogP contribution in [0.2, 0.25) is 0 Å². The van der Waals surface area contributed by atoms with E-state index in [1.165, 1.54) is 5.56 Å². The number of methoxy groups -OCH3 is 2. The van der Waals surface area contributed by atoms with Gasteiger partial charge in [0.1, 0.15) is 17.8 Å². The quantitative estimate of drug-likeness (QED) is 0.513. The Morgan fingerprint density at radius 2 is 1.82 bits per heavy atom. The van der Waals surface area contributed by atoms with Gasteiger partial charge in [-0.1, -0.05) is 30.3 Å². The zero-order chi connectivity index (χ0) is 23.5. The minimum Gasteiger partial charge on any atom is -0.493 e. The van der Waals surface area contributed by atoms with Gasteiger partial charge in [-0.2, -0.15) is 0 Å². The maximum atomic E-state index is 6.36. The van der Waals surface area contributed by atoms with Crippen LogP contribution in [-0.4, -0.2) is 38.0 Å². The zero-order valence-corrected chi connectivity index (χ0v) is 20.2. The Morgan fingerprint density at radius 1 is 1.03 bits per heavy atom. The van der Waals surface area contributed by atoms with E-state index in [1.54, 1.807) is 14.2 Å². The van der Waals surface area contributed by atoms with E-state index in [1.807, 2.05) is 18.2 Å². The summed E-state index contributed by atoms with van der Waals surface area (Å²) in [7, 11) is 3.36. The summed E-state index contributed by atoms with van der Waals surface area (Å²) in [6.45, 7) is 4.98. The number of aromatic nitrogens is 1. The molecule has 1 atom stereocenters. The van der Waals surface area contributed by atoms with E-state index in [0.29, 0.717) is 13.2 Å². The van der Waals surface area contributed by atoms with E-state index < -0.39 is 0 Å². The third kappa shape index (κ3) is 4.42. The van der Waals surface area contributed by atoms with Crippen molar-refractivity contribution >= 4 is 0 Å². The van der Waals surface area contributed by atoms with Gasteiger partial charge in [0, 0.05) is 30.3 Å². The summed E-state index contributed by atoms with van der Waals surface area (Å²) in [5.41, 5.74) is 6.67. The number of hydrogen-bond donors (Lipinski definition) is 0. The Bertz CT molecular complexity index is 1230. The van der Waals surface area contributed by atoms with Gasteiger partial charge in [0.25, 0.3) is 0 Å². The summed E-state index contributed by atoms with van der Waals surface area (Å²) < 4.78 is 25.7. The molecule has 178 valence electrons. The number of fused-ring (bicyclic) bond motifs is 3. The van der Waals surface area contributed by atoms with Crippen molar-refractivity contribution in [2.24, 2.45) is 4.99 Å². The fraction of sp³-hybridized carbons (Fsp3) is 0.393. The molecule has 0 amide bonds. The van der Waals surface area contributed by atoms with Gasteiger partial charge in [0.2, 0.25) is 0 Å². The smallest absolute Gasteiger partial charge is 0.161 e. The lowest BCUT2D eigenvalue weighted by molar-refractivity contribution is 0.117. The van der Waals surface area contributed by atoms with E-state index >= 15 is 0 Å². The van der Waals surface area contributed by atoms with Gasteiger partial charge < -0.3 is 23.5 Å². The van der Waals surface area contributed by atoms with Gasteiger partial charge in [-0.25, -0.2) is 0 Å². The van der Waals surface area contributed by atoms with Crippen molar-refractivity contribution in [2.45, 2.75) is 45.4 Å². The molecule has 1 saturated heterocycles. The molecule has 0 aliphatic carbocycles. The maximum absolute atomic E-state index is 6.36. The number of aryl methyl sites for hydroxylation is 1. The lowest BCUT2D eigenvalue weighted by atomic mass is 9.93. The minimum atomic E-state index is 0.200. The number of ether oxygens (including phenoxy) is 4. The molecule has 2 aromatic carbocycles. The van der Waals surface area contributed by atoms with Crippen molar-refractivity contribution in [3.05, 3.63) is 70.7 Å². The first-order chi connectivity index (χ1) is 16.7. The van der Waals surface area contributed by atoms with Crippen LogP contribution in [0.1, 0.15) is 29.5 Å². The van der Waals surface area contributed by atoms with Gasteiger partial charge in [-0.05, 0) is 49.4 Å². The minimum absolute atomic E-state index is 0.200. The van der Waals surface area contributed by atoms with Gasteiger partial charge in [-0.15, -0.1) is 0 Å². The molecule has 3 heterocycles. The van der Waals surface area contributed by atoms with Crippen molar-refractivity contribution in [1.29, 1.82) is 0 Å². The predicted octanol–water partition coefficient (Wildman–Crippen LogP) is 4.70. The third-order valence-corrected chi connectivity index (χ3v) is 6.72. The molecule has 34 heavy (non-hydrogen) atoms. The Balaban J connectivity index is 1.61. The highest BCUT2D eigenvalue weighted by molar-refractivity contribution is 5.74. The van der Waals surface area contributed by atoms with Crippen molar-refractivity contribution in [1.82, 2.24) is 4.57 Å². The summed E-state index contributed by atoms with van der Waals surface area (Å²) in [4.78, 5) is 5.01.